The second-order valence-corrected chi connectivity index (χ2v) is 8.21. The van der Waals surface area contributed by atoms with Crippen LogP contribution in [0.1, 0.15) is 16.8 Å². The molecule has 1 amide bonds. The highest BCUT2D eigenvalue weighted by molar-refractivity contribution is 6.42. The fourth-order valence-electron chi connectivity index (χ4n) is 3.42. The molecule has 0 bridgehead atoms. The summed E-state index contributed by atoms with van der Waals surface area (Å²) in [7, 11) is 0. The van der Waals surface area contributed by atoms with Crippen molar-refractivity contribution in [3.05, 3.63) is 51.1 Å². The third kappa shape index (κ3) is 4.72. The number of carbonyl (C=O) groups excluding carboxylic acids is 1. The lowest BCUT2D eigenvalue weighted by atomic mass is 10.2. The second kappa shape index (κ2) is 8.96. The Labute approximate surface area is 184 Å². The molecule has 2 saturated heterocycles. The number of amides is 1. The fourth-order valence-corrected chi connectivity index (χ4v) is 3.93. The monoisotopic (exact) mass is 455 g/mol. The van der Waals surface area contributed by atoms with Gasteiger partial charge in [0.2, 0.25) is 5.88 Å². The van der Waals surface area contributed by atoms with E-state index >= 15 is 0 Å². The minimum Gasteiger partial charge on any atom is -0.471 e. The van der Waals surface area contributed by atoms with E-state index in [9.17, 15) is 4.79 Å². The molecular formula is C20H20Cl3N3O3. The number of benzene rings is 1. The Morgan fingerprint density at radius 2 is 1.86 bits per heavy atom. The van der Waals surface area contributed by atoms with Crippen LogP contribution in [0.25, 0.3) is 0 Å². The summed E-state index contributed by atoms with van der Waals surface area (Å²) in [4.78, 5) is 21.1. The number of hydrogen-bond donors (Lipinski definition) is 0. The van der Waals surface area contributed by atoms with E-state index in [-0.39, 0.29) is 12.0 Å². The predicted molar refractivity (Wildman–Crippen MR) is 114 cm³/mol. The van der Waals surface area contributed by atoms with E-state index in [1.807, 2.05) is 12.1 Å². The number of hydrogen-bond acceptors (Lipinski definition) is 5. The van der Waals surface area contributed by atoms with Crippen molar-refractivity contribution in [1.29, 1.82) is 0 Å². The number of halogens is 3. The van der Waals surface area contributed by atoms with E-state index in [0.717, 1.165) is 12.1 Å². The van der Waals surface area contributed by atoms with Gasteiger partial charge in [-0.05, 0) is 24.3 Å². The molecular weight excluding hydrogens is 437 g/mol. The fraction of sp³-hybridized carbons (Fsp3) is 0.400. The van der Waals surface area contributed by atoms with Crippen LogP contribution in [0, 0.1) is 0 Å². The molecule has 1 aromatic heterocycles. The number of rotatable bonds is 4. The quantitative estimate of drug-likeness (QED) is 0.691. The standard InChI is InChI=1S/C20H20Cl3N3O3/c21-16-2-1-14(10-17(16)22)25-4-6-26(7-5-25)20(27)13-9-18(23)19(24-11-13)29-15-3-8-28-12-15/h1-2,9-11,15H,3-8,12H2. The lowest BCUT2D eigenvalue weighted by Gasteiger charge is -2.36. The molecule has 1 atom stereocenters. The third-order valence-corrected chi connectivity index (χ3v) is 6.07. The maximum Gasteiger partial charge on any atom is 0.255 e. The van der Waals surface area contributed by atoms with Crippen LogP contribution in [0.3, 0.4) is 0 Å². The molecule has 29 heavy (non-hydrogen) atoms. The maximum absolute atomic E-state index is 12.9. The van der Waals surface area contributed by atoms with E-state index < -0.39 is 0 Å². The lowest BCUT2D eigenvalue weighted by Crippen LogP contribution is -2.48. The van der Waals surface area contributed by atoms with E-state index in [4.69, 9.17) is 44.3 Å². The summed E-state index contributed by atoms with van der Waals surface area (Å²) in [6.07, 6.45) is 2.28. The van der Waals surface area contributed by atoms with Crippen LogP contribution < -0.4 is 9.64 Å². The first kappa shape index (κ1) is 20.5. The molecule has 0 N–H and O–H groups in total. The molecule has 0 spiro atoms. The largest absolute Gasteiger partial charge is 0.471 e. The van der Waals surface area contributed by atoms with Gasteiger partial charge in [-0.3, -0.25) is 4.79 Å². The van der Waals surface area contributed by atoms with Gasteiger partial charge in [-0.25, -0.2) is 4.98 Å². The molecule has 0 saturated carbocycles. The smallest absolute Gasteiger partial charge is 0.255 e. The van der Waals surface area contributed by atoms with Crippen molar-refractivity contribution in [3.8, 4) is 5.88 Å². The highest BCUT2D eigenvalue weighted by Gasteiger charge is 2.24. The van der Waals surface area contributed by atoms with Gasteiger partial charge in [0.1, 0.15) is 11.1 Å². The Bertz CT molecular complexity index is 898. The molecule has 2 aliphatic heterocycles. The maximum atomic E-state index is 12.9. The summed E-state index contributed by atoms with van der Waals surface area (Å²) in [5.74, 6) is 0.243. The second-order valence-electron chi connectivity index (χ2n) is 6.99. The van der Waals surface area contributed by atoms with Crippen molar-refractivity contribution in [1.82, 2.24) is 9.88 Å². The van der Waals surface area contributed by atoms with Crippen molar-refractivity contribution in [2.75, 3.05) is 44.3 Å². The molecule has 2 aromatic rings. The van der Waals surface area contributed by atoms with Gasteiger partial charge < -0.3 is 19.3 Å². The van der Waals surface area contributed by atoms with Crippen molar-refractivity contribution in [2.24, 2.45) is 0 Å². The molecule has 6 nitrogen and oxygen atoms in total. The van der Waals surface area contributed by atoms with E-state index in [1.165, 1.54) is 6.20 Å². The average Bonchev–Trinajstić information content (AvgIpc) is 3.24. The Hall–Kier alpha value is -1.73. The van der Waals surface area contributed by atoms with Gasteiger partial charge in [0.05, 0.1) is 28.8 Å². The summed E-state index contributed by atoms with van der Waals surface area (Å²) in [5.41, 5.74) is 1.45. The number of piperazine rings is 1. The number of aromatic nitrogens is 1. The van der Waals surface area contributed by atoms with E-state index in [0.29, 0.717) is 65.9 Å². The van der Waals surface area contributed by atoms with Crippen LogP contribution in [-0.4, -0.2) is 61.3 Å². The minimum absolute atomic E-state index is 0.0454. The first-order valence-electron chi connectivity index (χ1n) is 9.40. The van der Waals surface area contributed by atoms with Gasteiger partial charge in [-0.1, -0.05) is 34.8 Å². The first-order chi connectivity index (χ1) is 14.0. The molecule has 0 aliphatic carbocycles. The molecule has 154 valence electrons. The Morgan fingerprint density at radius 1 is 1.07 bits per heavy atom. The number of carbonyl (C=O) groups is 1. The molecule has 3 heterocycles. The lowest BCUT2D eigenvalue weighted by molar-refractivity contribution is 0.0746. The summed E-state index contributed by atoms with van der Waals surface area (Å²) in [6, 6.07) is 7.18. The molecule has 4 rings (SSSR count). The van der Waals surface area contributed by atoms with Crippen molar-refractivity contribution in [2.45, 2.75) is 12.5 Å². The van der Waals surface area contributed by atoms with Gasteiger partial charge in [-0.15, -0.1) is 0 Å². The number of anilines is 1. The topological polar surface area (TPSA) is 54.9 Å². The number of ether oxygens (including phenoxy) is 2. The molecule has 2 fully saturated rings. The minimum atomic E-state index is -0.0936. The van der Waals surface area contributed by atoms with Gasteiger partial charge in [0.25, 0.3) is 5.91 Å². The summed E-state index contributed by atoms with van der Waals surface area (Å²) in [6.45, 7) is 3.79. The normalized spacial score (nSPS) is 19.5. The van der Waals surface area contributed by atoms with Crippen molar-refractivity contribution >= 4 is 46.4 Å². The van der Waals surface area contributed by atoms with E-state index in [1.54, 1.807) is 17.0 Å². The molecule has 2 aliphatic rings. The molecule has 1 aromatic carbocycles. The van der Waals surface area contributed by atoms with Gasteiger partial charge in [0.15, 0.2) is 0 Å². The number of nitrogens with zero attached hydrogens (tertiary/aromatic N) is 3. The van der Waals surface area contributed by atoms with Crippen LogP contribution in [0.5, 0.6) is 5.88 Å². The summed E-state index contributed by atoms with van der Waals surface area (Å²) >= 11 is 18.4. The zero-order valence-electron chi connectivity index (χ0n) is 15.6. The van der Waals surface area contributed by atoms with Crippen molar-refractivity contribution < 1.29 is 14.3 Å². The summed E-state index contributed by atoms with van der Waals surface area (Å²) < 4.78 is 11.0. The Morgan fingerprint density at radius 3 is 2.52 bits per heavy atom. The Balaban J connectivity index is 1.37. The summed E-state index contributed by atoms with van der Waals surface area (Å²) in [5, 5.41) is 1.38. The van der Waals surface area contributed by atoms with Crippen molar-refractivity contribution in [3.63, 3.8) is 0 Å². The highest BCUT2D eigenvalue weighted by Crippen LogP contribution is 2.29. The van der Waals surface area contributed by atoms with Gasteiger partial charge in [-0.2, -0.15) is 0 Å². The average molecular weight is 457 g/mol. The zero-order chi connectivity index (χ0) is 20.4. The van der Waals surface area contributed by atoms with Crippen LogP contribution in [0.4, 0.5) is 5.69 Å². The molecule has 0 radical (unpaired) electrons. The van der Waals surface area contributed by atoms with Gasteiger partial charge in [0, 0.05) is 44.5 Å². The molecule has 9 heteroatoms. The van der Waals surface area contributed by atoms with Gasteiger partial charge >= 0.3 is 0 Å². The van der Waals surface area contributed by atoms with E-state index in [2.05, 4.69) is 9.88 Å². The first-order valence-corrected chi connectivity index (χ1v) is 10.5. The number of pyridine rings is 1. The van der Waals surface area contributed by atoms with Crippen LogP contribution in [-0.2, 0) is 4.74 Å². The SMILES string of the molecule is O=C(c1cnc(OC2CCOC2)c(Cl)c1)N1CCN(c2ccc(Cl)c(Cl)c2)CC1. The van der Waals surface area contributed by atoms with Crippen LogP contribution in [0.15, 0.2) is 30.5 Å². The highest BCUT2D eigenvalue weighted by atomic mass is 35.5. The molecule has 1 unspecified atom stereocenters. The third-order valence-electron chi connectivity index (χ3n) is 5.06. The predicted octanol–water partition coefficient (Wildman–Crippen LogP) is 4.17. The zero-order valence-corrected chi connectivity index (χ0v) is 17.9. The van der Waals surface area contributed by atoms with Crippen LogP contribution in [0.2, 0.25) is 15.1 Å². The van der Waals surface area contributed by atoms with Crippen LogP contribution >= 0.6 is 34.8 Å². The Kier molecular flexibility index (Phi) is 6.35.